The minimum Gasteiger partial charge on any atom is -0.462 e. The number of rotatable bonds is 6. The second kappa shape index (κ2) is 7.26. The van der Waals surface area contributed by atoms with Gasteiger partial charge in [-0.25, -0.2) is 14.8 Å². The second-order valence-corrected chi connectivity index (χ2v) is 5.64. The Hall–Kier alpha value is -1.82. The molecule has 0 aromatic carbocycles. The average Bonchev–Trinajstić information content (AvgIpc) is 2.95. The van der Waals surface area contributed by atoms with Crippen LogP contribution in [0.1, 0.15) is 48.7 Å². The van der Waals surface area contributed by atoms with Gasteiger partial charge in [-0.2, -0.15) is 0 Å². The molecule has 5 nitrogen and oxygen atoms in total. The molecule has 0 atom stereocenters. The molecular formula is C15H18N2O3S. The van der Waals surface area contributed by atoms with Gasteiger partial charge in [0, 0.05) is 12.1 Å². The lowest BCUT2D eigenvalue weighted by Crippen LogP contribution is -2.07. The first-order valence-electron chi connectivity index (χ1n) is 6.81. The molecule has 0 N–H and O–H groups in total. The van der Waals surface area contributed by atoms with E-state index in [0.29, 0.717) is 34.8 Å². The van der Waals surface area contributed by atoms with Crippen LogP contribution in [0.5, 0.6) is 0 Å². The predicted molar refractivity (Wildman–Crippen MR) is 80.3 cm³/mol. The van der Waals surface area contributed by atoms with Gasteiger partial charge >= 0.3 is 5.97 Å². The summed E-state index contributed by atoms with van der Waals surface area (Å²) in [5, 5.41) is 0.625. The molecule has 2 heterocycles. The van der Waals surface area contributed by atoms with Gasteiger partial charge in [0.25, 0.3) is 0 Å². The van der Waals surface area contributed by atoms with Crippen molar-refractivity contribution < 1.29 is 13.9 Å². The number of pyridine rings is 1. The number of hydrogen-bond acceptors (Lipinski definition) is 6. The molecule has 21 heavy (non-hydrogen) atoms. The van der Waals surface area contributed by atoms with E-state index >= 15 is 0 Å². The largest absolute Gasteiger partial charge is 0.462 e. The summed E-state index contributed by atoms with van der Waals surface area (Å²) in [6.45, 7) is 6.22. The third-order valence-electron chi connectivity index (χ3n) is 2.74. The number of oxazole rings is 1. The van der Waals surface area contributed by atoms with Gasteiger partial charge in [0.2, 0.25) is 5.89 Å². The average molecular weight is 306 g/mol. The standard InChI is InChI=1S/C15H18N2O3S/c1-4-19-15(18)11-6-5-7-16-14(11)21-9-13-17-8-12(20-13)10(2)3/h5-8,10H,4,9H2,1-3H3. The normalized spacial score (nSPS) is 10.9. The Balaban J connectivity index is 2.07. The third kappa shape index (κ3) is 4.07. The van der Waals surface area contributed by atoms with Crippen LogP contribution in [0.4, 0.5) is 0 Å². The fourth-order valence-corrected chi connectivity index (χ4v) is 2.49. The zero-order chi connectivity index (χ0) is 15.2. The van der Waals surface area contributed by atoms with E-state index in [1.807, 2.05) is 0 Å². The van der Waals surface area contributed by atoms with Crippen molar-refractivity contribution in [3.05, 3.63) is 41.7 Å². The van der Waals surface area contributed by atoms with Crippen LogP contribution in [0.2, 0.25) is 0 Å². The highest BCUT2D eigenvalue weighted by molar-refractivity contribution is 7.98. The number of hydrogen-bond donors (Lipinski definition) is 0. The van der Waals surface area contributed by atoms with Gasteiger partial charge in [-0.15, -0.1) is 0 Å². The highest BCUT2D eigenvalue weighted by Crippen LogP contribution is 2.25. The highest BCUT2D eigenvalue weighted by atomic mass is 32.2. The lowest BCUT2D eigenvalue weighted by molar-refractivity contribution is 0.0521. The lowest BCUT2D eigenvalue weighted by Gasteiger charge is -2.06. The van der Waals surface area contributed by atoms with Crippen molar-refractivity contribution in [1.82, 2.24) is 9.97 Å². The SMILES string of the molecule is CCOC(=O)c1cccnc1SCc1ncc(C(C)C)o1. The van der Waals surface area contributed by atoms with Crippen molar-refractivity contribution in [1.29, 1.82) is 0 Å². The van der Waals surface area contributed by atoms with Gasteiger partial charge in [0.15, 0.2) is 0 Å². The van der Waals surface area contributed by atoms with Crippen molar-refractivity contribution in [3.8, 4) is 0 Å². The second-order valence-electron chi connectivity index (χ2n) is 4.68. The zero-order valence-corrected chi connectivity index (χ0v) is 13.1. The molecule has 0 spiro atoms. The number of carbonyl (C=O) groups is 1. The number of carbonyl (C=O) groups excluding carboxylic acids is 1. The van der Waals surface area contributed by atoms with E-state index < -0.39 is 0 Å². The van der Waals surface area contributed by atoms with Gasteiger partial charge in [0.05, 0.1) is 24.1 Å². The lowest BCUT2D eigenvalue weighted by atomic mass is 10.2. The van der Waals surface area contributed by atoms with Crippen molar-refractivity contribution in [2.24, 2.45) is 0 Å². The molecule has 112 valence electrons. The number of thioether (sulfide) groups is 1. The maximum atomic E-state index is 11.9. The fraction of sp³-hybridized carbons (Fsp3) is 0.400. The molecule has 0 radical (unpaired) electrons. The van der Waals surface area contributed by atoms with Gasteiger partial charge < -0.3 is 9.15 Å². The van der Waals surface area contributed by atoms with Crippen LogP contribution in [0.3, 0.4) is 0 Å². The molecular weight excluding hydrogens is 288 g/mol. The van der Waals surface area contributed by atoms with Crippen LogP contribution in [0.25, 0.3) is 0 Å². The van der Waals surface area contributed by atoms with E-state index in [0.717, 1.165) is 5.76 Å². The van der Waals surface area contributed by atoms with E-state index in [1.54, 1.807) is 31.5 Å². The summed E-state index contributed by atoms with van der Waals surface area (Å²) in [5.74, 6) is 1.96. The van der Waals surface area contributed by atoms with E-state index in [1.165, 1.54) is 11.8 Å². The highest BCUT2D eigenvalue weighted by Gasteiger charge is 2.15. The fourth-order valence-electron chi connectivity index (χ4n) is 1.66. The Morgan fingerprint density at radius 1 is 1.43 bits per heavy atom. The summed E-state index contributed by atoms with van der Waals surface area (Å²) >= 11 is 1.41. The van der Waals surface area contributed by atoms with Crippen LogP contribution >= 0.6 is 11.8 Å². The molecule has 0 bridgehead atoms. The van der Waals surface area contributed by atoms with Crippen molar-refractivity contribution in [3.63, 3.8) is 0 Å². The molecule has 0 amide bonds. The van der Waals surface area contributed by atoms with Crippen molar-refractivity contribution >= 4 is 17.7 Å². The summed E-state index contributed by atoms with van der Waals surface area (Å²) in [6, 6.07) is 3.43. The first-order chi connectivity index (χ1) is 10.1. The summed E-state index contributed by atoms with van der Waals surface area (Å²) in [5.41, 5.74) is 0.472. The topological polar surface area (TPSA) is 65.2 Å². The number of nitrogens with zero attached hydrogens (tertiary/aromatic N) is 2. The number of aromatic nitrogens is 2. The van der Waals surface area contributed by atoms with Crippen LogP contribution in [-0.2, 0) is 10.5 Å². The first-order valence-corrected chi connectivity index (χ1v) is 7.80. The molecule has 0 saturated heterocycles. The summed E-state index contributed by atoms with van der Waals surface area (Å²) in [6.07, 6.45) is 3.39. The molecule has 2 rings (SSSR count). The molecule has 0 aliphatic rings. The minimum atomic E-state index is -0.358. The van der Waals surface area contributed by atoms with E-state index in [4.69, 9.17) is 9.15 Å². The first kappa shape index (κ1) is 15.6. The van der Waals surface area contributed by atoms with E-state index in [-0.39, 0.29) is 5.97 Å². The monoisotopic (exact) mass is 306 g/mol. The predicted octanol–water partition coefficient (Wildman–Crippen LogP) is 3.66. The zero-order valence-electron chi connectivity index (χ0n) is 12.3. The molecule has 0 saturated carbocycles. The van der Waals surface area contributed by atoms with Gasteiger partial charge in [-0.05, 0) is 19.1 Å². The maximum absolute atomic E-state index is 11.9. The third-order valence-corrected chi connectivity index (χ3v) is 3.73. The summed E-state index contributed by atoms with van der Waals surface area (Å²) in [4.78, 5) is 20.3. The smallest absolute Gasteiger partial charge is 0.340 e. The van der Waals surface area contributed by atoms with Crippen molar-refractivity contribution in [2.45, 2.75) is 37.5 Å². The van der Waals surface area contributed by atoms with Crippen LogP contribution in [-0.4, -0.2) is 22.5 Å². The summed E-state index contributed by atoms with van der Waals surface area (Å²) < 4.78 is 10.7. The van der Waals surface area contributed by atoms with Crippen LogP contribution in [0.15, 0.2) is 34.0 Å². The van der Waals surface area contributed by atoms with Gasteiger partial charge in [0.1, 0.15) is 10.8 Å². The van der Waals surface area contributed by atoms with Gasteiger partial charge in [-0.1, -0.05) is 25.6 Å². The van der Waals surface area contributed by atoms with Crippen LogP contribution < -0.4 is 0 Å². The Labute approximate surface area is 128 Å². The Bertz CT molecular complexity index is 610. The Morgan fingerprint density at radius 2 is 2.24 bits per heavy atom. The molecule has 6 heteroatoms. The van der Waals surface area contributed by atoms with Gasteiger partial charge in [-0.3, -0.25) is 0 Å². The van der Waals surface area contributed by atoms with Crippen LogP contribution in [0, 0.1) is 0 Å². The molecule has 0 aliphatic carbocycles. The Kier molecular flexibility index (Phi) is 5.38. The minimum absolute atomic E-state index is 0.307. The Morgan fingerprint density at radius 3 is 2.90 bits per heavy atom. The molecule has 0 unspecified atom stereocenters. The number of esters is 1. The molecule has 2 aromatic rings. The molecule has 0 fully saturated rings. The van der Waals surface area contributed by atoms with Crippen molar-refractivity contribution in [2.75, 3.05) is 6.61 Å². The maximum Gasteiger partial charge on any atom is 0.340 e. The summed E-state index contributed by atoms with van der Waals surface area (Å²) in [7, 11) is 0. The van der Waals surface area contributed by atoms with E-state index in [2.05, 4.69) is 23.8 Å². The molecule has 2 aromatic heterocycles. The number of ether oxygens (including phenoxy) is 1. The van der Waals surface area contributed by atoms with E-state index in [9.17, 15) is 4.79 Å². The molecule has 0 aliphatic heterocycles. The quantitative estimate of drug-likeness (QED) is 0.599.